The zero-order chi connectivity index (χ0) is 16.9. The molecule has 2 aromatic rings. The lowest BCUT2D eigenvalue weighted by molar-refractivity contribution is -0.0686. The lowest BCUT2D eigenvalue weighted by Crippen LogP contribution is -2.13. The first kappa shape index (κ1) is 17.6. The molecule has 0 aliphatic rings. The number of alkyl halides is 3. The molecule has 0 aliphatic heterocycles. The van der Waals surface area contributed by atoms with Crippen LogP contribution in [0.3, 0.4) is 0 Å². The van der Waals surface area contributed by atoms with Crippen LogP contribution in [0.4, 0.5) is 13.2 Å². The predicted octanol–water partition coefficient (Wildman–Crippen LogP) is 7.00. The van der Waals surface area contributed by atoms with Crippen LogP contribution in [0.1, 0.15) is 37.3 Å². The molecule has 0 radical (unpaired) electrons. The molecule has 0 bridgehead atoms. The van der Waals surface area contributed by atoms with Crippen molar-refractivity contribution < 1.29 is 13.2 Å². The topological polar surface area (TPSA) is 0 Å². The average Bonchev–Trinajstić information content (AvgIpc) is 2.52. The third kappa shape index (κ3) is 4.61. The molecular formula is C19H18ClF3. The third-order valence-electron chi connectivity index (χ3n) is 3.62. The summed E-state index contributed by atoms with van der Waals surface area (Å²) in [6, 6.07) is 14.5. The highest BCUT2D eigenvalue weighted by Crippen LogP contribution is 2.41. The van der Waals surface area contributed by atoms with E-state index in [1.54, 1.807) is 42.5 Å². The van der Waals surface area contributed by atoms with Crippen molar-refractivity contribution in [2.24, 2.45) is 0 Å². The molecule has 0 saturated heterocycles. The van der Waals surface area contributed by atoms with Crippen LogP contribution in [0.2, 0.25) is 5.02 Å². The maximum atomic E-state index is 13.8. The van der Waals surface area contributed by atoms with Crippen LogP contribution in [-0.4, -0.2) is 6.18 Å². The van der Waals surface area contributed by atoms with Crippen LogP contribution >= 0.6 is 11.6 Å². The molecule has 0 atom stereocenters. The minimum atomic E-state index is -4.41. The van der Waals surface area contributed by atoms with Gasteiger partial charge in [-0.25, -0.2) is 0 Å². The van der Waals surface area contributed by atoms with E-state index in [2.05, 4.69) is 0 Å². The van der Waals surface area contributed by atoms with Crippen molar-refractivity contribution in [1.29, 1.82) is 0 Å². The highest BCUT2D eigenvalue weighted by atomic mass is 35.5. The lowest BCUT2D eigenvalue weighted by atomic mass is 9.90. The Labute approximate surface area is 139 Å². The summed E-state index contributed by atoms with van der Waals surface area (Å²) < 4.78 is 41.3. The van der Waals surface area contributed by atoms with E-state index in [1.165, 1.54) is 12.1 Å². The van der Waals surface area contributed by atoms with Crippen LogP contribution in [0.25, 0.3) is 11.1 Å². The molecule has 0 amide bonds. The molecule has 122 valence electrons. The fraction of sp³-hybridized carbons (Fsp3) is 0.263. The fourth-order valence-corrected chi connectivity index (χ4v) is 2.66. The summed E-state index contributed by atoms with van der Waals surface area (Å²) in [5, 5.41) is 0.511. The summed E-state index contributed by atoms with van der Waals surface area (Å²) >= 11 is 5.87. The monoisotopic (exact) mass is 338 g/mol. The minimum absolute atomic E-state index is 0.195. The molecule has 0 aromatic heterocycles. The maximum Gasteiger partial charge on any atom is 0.417 e. The molecule has 0 unspecified atom stereocenters. The van der Waals surface area contributed by atoms with Crippen molar-refractivity contribution in [2.75, 3.05) is 0 Å². The maximum absolute atomic E-state index is 13.8. The molecule has 23 heavy (non-hydrogen) atoms. The Morgan fingerprint density at radius 1 is 0.913 bits per heavy atom. The minimum Gasteiger partial charge on any atom is -0.166 e. The van der Waals surface area contributed by atoms with Gasteiger partial charge in [-0.3, -0.25) is 0 Å². The standard InChI is InChI=1S/C19H18ClF3/c1-2-3-9-17(14-10-12-16(20)13-11-14)18(19(21,22)23)15-7-5-4-6-8-15/h4-8,10-13H,2-3,9H2,1H3/b18-17-. The summed E-state index contributed by atoms with van der Waals surface area (Å²) in [4.78, 5) is 0. The Hall–Kier alpha value is -1.74. The van der Waals surface area contributed by atoms with Crippen LogP contribution in [0.15, 0.2) is 54.6 Å². The van der Waals surface area contributed by atoms with Crippen LogP contribution in [-0.2, 0) is 0 Å². The second-order valence-corrected chi connectivity index (χ2v) is 5.76. The summed E-state index contributed by atoms with van der Waals surface area (Å²) in [6.07, 6.45) is -2.51. The molecular weight excluding hydrogens is 321 g/mol. The van der Waals surface area contributed by atoms with E-state index in [0.717, 1.165) is 6.42 Å². The van der Waals surface area contributed by atoms with Crippen molar-refractivity contribution >= 4 is 22.7 Å². The van der Waals surface area contributed by atoms with E-state index >= 15 is 0 Å². The molecule has 2 aromatic carbocycles. The predicted molar refractivity (Wildman–Crippen MR) is 90.3 cm³/mol. The number of benzene rings is 2. The van der Waals surface area contributed by atoms with Crippen molar-refractivity contribution in [3.8, 4) is 0 Å². The van der Waals surface area contributed by atoms with E-state index in [9.17, 15) is 13.2 Å². The van der Waals surface area contributed by atoms with E-state index in [4.69, 9.17) is 11.6 Å². The van der Waals surface area contributed by atoms with Crippen molar-refractivity contribution in [3.05, 3.63) is 70.7 Å². The second kappa shape index (κ2) is 7.69. The molecule has 0 saturated carbocycles. The van der Waals surface area contributed by atoms with Crippen LogP contribution in [0, 0.1) is 0 Å². The van der Waals surface area contributed by atoms with E-state index in [0.29, 0.717) is 29.0 Å². The molecule has 0 nitrogen and oxygen atoms in total. The van der Waals surface area contributed by atoms with E-state index in [1.807, 2.05) is 6.92 Å². The van der Waals surface area contributed by atoms with Gasteiger partial charge in [-0.2, -0.15) is 13.2 Å². The van der Waals surface area contributed by atoms with Crippen molar-refractivity contribution in [2.45, 2.75) is 32.4 Å². The first-order chi connectivity index (χ1) is 10.9. The van der Waals surface area contributed by atoms with Crippen LogP contribution < -0.4 is 0 Å². The summed E-state index contributed by atoms with van der Waals surface area (Å²) in [5.41, 5.74) is 0.524. The van der Waals surface area contributed by atoms with Gasteiger partial charge in [0.15, 0.2) is 0 Å². The van der Waals surface area contributed by atoms with Gasteiger partial charge in [0.1, 0.15) is 0 Å². The van der Waals surface area contributed by atoms with Crippen molar-refractivity contribution in [1.82, 2.24) is 0 Å². The van der Waals surface area contributed by atoms with Gasteiger partial charge in [0.25, 0.3) is 0 Å². The smallest absolute Gasteiger partial charge is 0.166 e. The van der Waals surface area contributed by atoms with E-state index < -0.39 is 11.7 Å². The van der Waals surface area contributed by atoms with Crippen molar-refractivity contribution in [3.63, 3.8) is 0 Å². The molecule has 0 aliphatic carbocycles. The fourth-order valence-electron chi connectivity index (χ4n) is 2.53. The molecule has 0 N–H and O–H groups in total. The Bertz CT molecular complexity index is 655. The normalized spacial score (nSPS) is 12.9. The second-order valence-electron chi connectivity index (χ2n) is 5.33. The Kier molecular flexibility index (Phi) is 5.89. The zero-order valence-corrected chi connectivity index (χ0v) is 13.6. The lowest BCUT2D eigenvalue weighted by Gasteiger charge is -2.19. The quantitative estimate of drug-likeness (QED) is 0.515. The van der Waals surface area contributed by atoms with Gasteiger partial charge >= 0.3 is 6.18 Å². The molecule has 4 heteroatoms. The molecule has 0 fully saturated rings. The summed E-state index contributed by atoms with van der Waals surface area (Å²) in [5.74, 6) is 0. The first-order valence-corrected chi connectivity index (χ1v) is 7.93. The van der Waals surface area contributed by atoms with Gasteiger partial charge in [-0.1, -0.05) is 67.4 Å². The van der Waals surface area contributed by atoms with Gasteiger partial charge in [0.05, 0.1) is 5.57 Å². The number of hydrogen-bond donors (Lipinski definition) is 0. The van der Waals surface area contributed by atoms with Gasteiger partial charge in [-0.05, 0) is 41.7 Å². The average molecular weight is 339 g/mol. The Morgan fingerprint density at radius 3 is 2.04 bits per heavy atom. The molecule has 0 heterocycles. The van der Waals surface area contributed by atoms with Gasteiger partial charge in [0.2, 0.25) is 0 Å². The largest absolute Gasteiger partial charge is 0.417 e. The first-order valence-electron chi connectivity index (χ1n) is 7.55. The third-order valence-corrected chi connectivity index (χ3v) is 3.87. The highest BCUT2D eigenvalue weighted by Gasteiger charge is 2.37. The van der Waals surface area contributed by atoms with Gasteiger partial charge in [-0.15, -0.1) is 0 Å². The molecule has 2 rings (SSSR count). The van der Waals surface area contributed by atoms with Gasteiger partial charge in [0, 0.05) is 5.02 Å². The number of halogens is 4. The Balaban J connectivity index is 2.66. The summed E-state index contributed by atoms with van der Waals surface area (Å²) in [7, 11) is 0. The number of allylic oxidation sites excluding steroid dienone is 2. The zero-order valence-electron chi connectivity index (χ0n) is 12.8. The SMILES string of the molecule is CCCC/C(=C(\c1ccccc1)C(F)(F)F)c1ccc(Cl)cc1. The number of rotatable bonds is 5. The highest BCUT2D eigenvalue weighted by molar-refractivity contribution is 6.30. The number of unbranched alkanes of at least 4 members (excludes halogenated alkanes) is 1. The van der Waals surface area contributed by atoms with E-state index in [-0.39, 0.29) is 5.56 Å². The summed E-state index contributed by atoms with van der Waals surface area (Å²) in [6.45, 7) is 1.97. The van der Waals surface area contributed by atoms with Gasteiger partial charge < -0.3 is 0 Å². The molecule has 0 spiro atoms. The Morgan fingerprint density at radius 2 is 1.52 bits per heavy atom. The number of hydrogen-bond acceptors (Lipinski definition) is 0. The van der Waals surface area contributed by atoms with Crippen LogP contribution in [0.5, 0.6) is 0 Å².